The van der Waals surface area contributed by atoms with Gasteiger partial charge in [-0.15, -0.1) is 0 Å². The minimum absolute atomic E-state index is 0.232. The summed E-state index contributed by atoms with van der Waals surface area (Å²) in [6.07, 6.45) is 19.0. The first kappa shape index (κ1) is 30.8. The summed E-state index contributed by atoms with van der Waals surface area (Å²) in [4.78, 5) is 23.7. The van der Waals surface area contributed by atoms with Crippen LogP contribution in [0.3, 0.4) is 0 Å². The van der Waals surface area contributed by atoms with E-state index in [1.807, 2.05) is 20.8 Å². The van der Waals surface area contributed by atoms with Crippen molar-refractivity contribution in [2.75, 3.05) is 12.4 Å². The molecule has 0 aromatic carbocycles. The van der Waals surface area contributed by atoms with Crippen LogP contribution >= 0.6 is 27.7 Å². The summed E-state index contributed by atoms with van der Waals surface area (Å²) >= 11 is 5.57. The van der Waals surface area contributed by atoms with Gasteiger partial charge in [0.1, 0.15) is 10.4 Å². The van der Waals surface area contributed by atoms with Gasteiger partial charge in [0.05, 0.1) is 12.5 Å². The third-order valence-electron chi connectivity index (χ3n) is 6.06. The molecule has 0 aromatic rings. The summed E-state index contributed by atoms with van der Waals surface area (Å²) in [6.45, 7) is 7.78. The zero-order valence-electron chi connectivity index (χ0n) is 21.7. The molecule has 1 aliphatic rings. The van der Waals surface area contributed by atoms with Gasteiger partial charge in [-0.2, -0.15) is 11.8 Å². The minimum Gasteiger partial charge on any atom is -0.465 e. The maximum absolute atomic E-state index is 12.2. The largest absolute Gasteiger partial charge is 0.465 e. The average Bonchev–Trinajstić information content (AvgIpc) is 2.76. The molecule has 194 valence electrons. The summed E-state index contributed by atoms with van der Waals surface area (Å²) in [5, 5.41) is 0.958. The molecule has 0 radical (unpaired) electrons. The highest BCUT2D eigenvalue weighted by Crippen LogP contribution is 2.29. The molecule has 0 aliphatic heterocycles. The number of alkyl halides is 1. The Kier molecular flexibility index (Phi) is 16.9. The molecule has 2 atom stereocenters. The van der Waals surface area contributed by atoms with E-state index in [4.69, 9.17) is 9.47 Å². The Bertz CT molecular complexity index is 529. The standard InChI is InChI=1S/C27H49BrO4S/c1-22(21-24(28)26(30)32-27(2,3)4)25(29)31-19-15-10-8-6-5-7-9-11-16-20-33-23-17-13-12-14-18-23/h22-24H,5-21H2,1-4H3. The smallest absolute Gasteiger partial charge is 0.320 e. The van der Waals surface area contributed by atoms with Crippen molar-refractivity contribution in [2.24, 2.45) is 5.92 Å². The molecule has 0 bridgehead atoms. The fourth-order valence-electron chi connectivity index (χ4n) is 4.11. The van der Waals surface area contributed by atoms with Crippen LogP contribution in [0, 0.1) is 5.92 Å². The van der Waals surface area contributed by atoms with Crippen molar-refractivity contribution in [3.05, 3.63) is 0 Å². The van der Waals surface area contributed by atoms with Crippen molar-refractivity contribution >= 4 is 39.6 Å². The van der Waals surface area contributed by atoms with E-state index in [9.17, 15) is 9.59 Å². The van der Waals surface area contributed by atoms with Gasteiger partial charge in [0.2, 0.25) is 0 Å². The number of carbonyl (C=O) groups excluding carboxylic acids is 2. The van der Waals surface area contributed by atoms with E-state index in [1.165, 1.54) is 82.8 Å². The highest BCUT2D eigenvalue weighted by atomic mass is 79.9. The molecule has 0 saturated heterocycles. The van der Waals surface area contributed by atoms with Crippen molar-refractivity contribution in [1.82, 2.24) is 0 Å². The number of unbranched alkanes of at least 4 members (excludes halogenated alkanes) is 8. The molecule has 33 heavy (non-hydrogen) atoms. The summed E-state index contributed by atoms with van der Waals surface area (Å²) in [5.74, 6) is 0.465. The molecule has 1 fully saturated rings. The molecule has 0 heterocycles. The fraction of sp³-hybridized carbons (Fsp3) is 0.926. The van der Waals surface area contributed by atoms with Gasteiger partial charge in [-0.1, -0.05) is 87.1 Å². The molecule has 0 spiro atoms. The topological polar surface area (TPSA) is 52.6 Å². The van der Waals surface area contributed by atoms with Crippen LogP contribution in [0.15, 0.2) is 0 Å². The second-order valence-electron chi connectivity index (χ2n) is 10.6. The Morgan fingerprint density at radius 1 is 0.879 bits per heavy atom. The summed E-state index contributed by atoms with van der Waals surface area (Å²) in [6, 6.07) is 0. The van der Waals surface area contributed by atoms with Crippen LogP contribution in [0.25, 0.3) is 0 Å². The quantitative estimate of drug-likeness (QED) is 0.104. The second kappa shape index (κ2) is 18.1. The molecule has 6 heteroatoms. The monoisotopic (exact) mass is 548 g/mol. The van der Waals surface area contributed by atoms with Gasteiger partial charge in [0, 0.05) is 5.25 Å². The molecule has 2 unspecified atom stereocenters. The normalized spacial score (nSPS) is 16.9. The van der Waals surface area contributed by atoms with E-state index in [1.54, 1.807) is 6.92 Å². The van der Waals surface area contributed by atoms with Crippen LogP contribution < -0.4 is 0 Å². The molecule has 1 saturated carbocycles. The Morgan fingerprint density at radius 2 is 1.42 bits per heavy atom. The van der Waals surface area contributed by atoms with Gasteiger partial charge in [0.25, 0.3) is 0 Å². The van der Waals surface area contributed by atoms with E-state index in [-0.39, 0.29) is 17.9 Å². The first-order chi connectivity index (χ1) is 15.7. The van der Waals surface area contributed by atoms with Crippen LogP contribution in [-0.2, 0) is 19.1 Å². The molecule has 0 N–H and O–H groups in total. The van der Waals surface area contributed by atoms with Gasteiger partial charge >= 0.3 is 11.9 Å². The molecular formula is C27H49BrO4S. The second-order valence-corrected chi connectivity index (χ2v) is 13.1. The third-order valence-corrected chi connectivity index (χ3v) is 8.28. The van der Waals surface area contributed by atoms with Crippen molar-refractivity contribution in [2.45, 2.75) is 140 Å². The number of ether oxygens (including phenoxy) is 2. The lowest BCUT2D eigenvalue weighted by molar-refractivity contribution is -0.154. The van der Waals surface area contributed by atoms with E-state index in [2.05, 4.69) is 27.7 Å². The summed E-state index contributed by atoms with van der Waals surface area (Å²) < 4.78 is 10.7. The van der Waals surface area contributed by atoms with Gasteiger partial charge in [-0.25, -0.2) is 0 Å². The Balaban J connectivity index is 1.90. The first-order valence-electron chi connectivity index (χ1n) is 13.3. The number of esters is 2. The molecule has 0 amide bonds. The Labute approximate surface area is 216 Å². The number of rotatable bonds is 17. The zero-order chi connectivity index (χ0) is 24.5. The van der Waals surface area contributed by atoms with E-state index >= 15 is 0 Å². The summed E-state index contributed by atoms with van der Waals surface area (Å²) in [7, 11) is 0. The Morgan fingerprint density at radius 3 is 2.00 bits per heavy atom. The van der Waals surface area contributed by atoms with E-state index < -0.39 is 10.4 Å². The number of hydrogen-bond acceptors (Lipinski definition) is 5. The van der Waals surface area contributed by atoms with Crippen molar-refractivity contribution in [1.29, 1.82) is 0 Å². The summed E-state index contributed by atoms with van der Waals surface area (Å²) in [5.41, 5.74) is -0.528. The molecule has 0 aromatic heterocycles. The lowest BCUT2D eigenvalue weighted by Gasteiger charge is -2.22. The van der Waals surface area contributed by atoms with Crippen molar-refractivity contribution in [3.63, 3.8) is 0 Å². The number of carbonyl (C=O) groups is 2. The van der Waals surface area contributed by atoms with Gasteiger partial charge in [-0.05, 0) is 58.6 Å². The fourth-order valence-corrected chi connectivity index (χ4v) is 6.13. The highest BCUT2D eigenvalue weighted by molar-refractivity contribution is 9.10. The SMILES string of the molecule is CC(CC(Br)C(=O)OC(C)(C)C)C(=O)OCCCCCCCCCCCSC1CCCCC1. The van der Waals surface area contributed by atoms with Gasteiger partial charge < -0.3 is 9.47 Å². The van der Waals surface area contributed by atoms with E-state index in [0.29, 0.717) is 13.0 Å². The van der Waals surface area contributed by atoms with Crippen LogP contribution in [0.2, 0.25) is 0 Å². The first-order valence-corrected chi connectivity index (χ1v) is 15.3. The number of halogens is 1. The van der Waals surface area contributed by atoms with Gasteiger partial charge in [0.15, 0.2) is 0 Å². The lowest BCUT2D eigenvalue weighted by Crippen LogP contribution is -2.31. The van der Waals surface area contributed by atoms with Gasteiger partial charge in [-0.3, -0.25) is 9.59 Å². The predicted molar refractivity (Wildman–Crippen MR) is 144 cm³/mol. The maximum Gasteiger partial charge on any atom is 0.320 e. The predicted octanol–water partition coefficient (Wildman–Crippen LogP) is 8.24. The molecular weight excluding hydrogens is 500 g/mol. The Hall–Kier alpha value is -0.230. The minimum atomic E-state index is -0.528. The van der Waals surface area contributed by atoms with Crippen LogP contribution in [0.5, 0.6) is 0 Å². The lowest BCUT2D eigenvalue weighted by atomic mass is 10.0. The third kappa shape index (κ3) is 16.9. The molecule has 4 nitrogen and oxygen atoms in total. The van der Waals surface area contributed by atoms with Crippen molar-refractivity contribution in [3.8, 4) is 0 Å². The number of hydrogen-bond donors (Lipinski definition) is 0. The highest BCUT2D eigenvalue weighted by Gasteiger charge is 2.27. The number of thioether (sulfide) groups is 1. The van der Waals surface area contributed by atoms with E-state index in [0.717, 1.165) is 18.1 Å². The zero-order valence-corrected chi connectivity index (χ0v) is 24.1. The molecule has 1 aliphatic carbocycles. The van der Waals surface area contributed by atoms with Crippen LogP contribution in [-0.4, -0.2) is 40.0 Å². The van der Waals surface area contributed by atoms with Crippen molar-refractivity contribution < 1.29 is 19.1 Å². The maximum atomic E-state index is 12.2. The molecule has 1 rings (SSSR count). The van der Waals surface area contributed by atoms with Crippen LogP contribution in [0.4, 0.5) is 0 Å². The van der Waals surface area contributed by atoms with Crippen LogP contribution in [0.1, 0.15) is 124 Å². The average molecular weight is 550 g/mol.